The van der Waals surface area contributed by atoms with Gasteiger partial charge in [-0.3, -0.25) is 9.59 Å². The summed E-state index contributed by atoms with van der Waals surface area (Å²) in [5.41, 5.74) is 6.45. The zero-order valence-corrected chi connectivity index (χ0v) is 11.2. The maximum atomic E-state index is 12.0. The van der Waals surface area contributed by atoms with Crippen LogP contribution in [-0.4, -0.2) is 32.0 Å². The van der Waals surface area contributed by atoms with Gasteiger partial charge in [-0.15, -0.1) is 0 Å². The molecule has 0 aliphatic carbocycles. The number of ether oxygens (including phenoxy) is 1. The second-order valence-electron chi connectivity index (χ2n) is 3.83. The Morgan fingerprint density at radius 2 is 2.11 bits per heavy atom. The van der Waals surface area contributed by atoms with Gasteiger partial charge in [0.25, 0.3) is 5.91 Å². The normalized spacial score (nSPS) is 9.79. The lowest BCUT2D eigenvalue weighted by Crippen LogP contribution is -2.30. The van der Waals surface area contributed by atoms with Gasteiger partial charge in [-0.25, -0.2) is 0 Å². The van der Waals surface area contributed by atoms with Crippen LogP contribution in [0, 0.1) is 0 Å². The molecular weight excluding hydrogens is 246 g/mol. The van der Waals surface area contributed by atoms with E-state index in [2.05, 4.69) is 10.6 Å². The Kier molecular flexibility index (Phi) is 5.66. The van der Waals surface area contributed by atoms with Crippen molar-refractivity contribution < 1.29 is 14.3 Å². The topological polar surface area (TPSA) is 93.4 Å². The molecule has 0 fully saturated rings. The fourth-order valence-corrected chi connectivity index (χ4v) is 1.57. The number of nitrogen functional groups attached to an aromatic ring is 1. The lowest BCUT2D eigenvalue weighted by Gasteiger charge is -2.12. The van der Waals surface area contributed by atoms with Gasteiger partial charge in [0, 0.05) is 25.7 Å². The molecule has 0 heterocycles. The monoisotopic (exact) mass is 265 g/mol. The van der Waals surface area contributed by atoms with E-state index in [0.717, 1.165) is 0 Å². The third-order valence-corrected chi connectivity index (χ3v) is 2.50. The molecule has 1 aromatic rings. The summed E-state index contributed by atoms with van der Waals surface area (Å²) in [4.78, 5) is 23.1. The zero-order chi connectivity index (χ0) is 14.3. The van der Waals surface area contributed by atoms with Crippen LogP contribution in [0.1, 0.15) is 23.7 Å². The third kappa shape index (κ3) is 4.17. The lowest BCUT2D eigenvalue weighted by molar-refractivity contribution is -0.120. The van der Waals surface area contributed by atoms with Gasteiger partial charge in [0.15, 0.2) is 0 Å². The van der Waals surface area contributed by atoms with Crippen LogP contribution in [0.5, 0.6) is 5.75 Å². The molecule has 0 radical (unpaired) electrons. The first-order valence-electron chi connectivity index (χ1n) is 6.10. The highest BCUT2D eigenvalue weighted by Crippen LogP contribution is 2.24. The van der Waals surface area contributed by atoms with Crippen LogP contribution >= 0.6 is 0 Å². The van der Waals surface area contributed by atoms with Crippen molar-refractivity contribution in [3.8, 4) is 5.75 Å². The van der Waals surface area contributed by atoms with Crippen LogP contribution in [0.3, 0.4) is 0 Å². The molecule has 4 N–H and O–H groups in total. The summed E-state index contributed by atoms with van der Waals surface area (Å²) in [5, 5.41) is 5.13. The van der Waals surface area contributed by atoms with Gasteiger partial charge in [-0.05, 0) is 19.1 Å². The summed E-state index contributed by atoms with van der Waals surface area (Å²) in [7, 11) is 1.55. The standard InChI is InChI=1S/C13H19N3O3/c1-3-19-10-6-4-5-9(14)12(10)13(18)16-8-7-11(17)15-2/h4-6H,3,7-8,14H2,1-2H3,(H,15,17)(H,16,18). The summed E-state index contributed by atoms with van der Waals surface area (Å²) < 4.78 is 5.37. The van der Waals surface area contributed by atoms with Crippen molar-refractivity contribution in [2.75, 3.05) is 25.9 Å². The van der Waals surface area contributed by atoms with Gasteiger partial charge >= 0.3 is 0 Å². The Morgan fingerprint density at radius 1 is 1.37 bits per heavy atom. The molecule has 0 saturated carbocycles. The number of nitrogens with one attached hydrogen (secondary N) is 2. The molecule has 6 nitrogen and oxygen atoms in total. The van der Waals surface area contributed by atoms with E-state index in [-0.39, 0.29) is 24.8 Å². The molecule has 104 valence electrons. The van der Waals surface area contributed by atoms with E-state index in [1.807, 2.05) is 6.92 Å². The van der Waals surface area contributed by atoms with Crippen LogP contribution in [0.25, 0.3) is 0 Å². The van der Waals surface area contributed by atoms with E-state index in [9.17, 15) is 9.59 Å². The Morgan fingerprint density at radius 3 is 2.74 bits per heavy atom. The lowest BCUT2D eigenvalue weighted by atomic mass is 10.1. The van der Waals surface area contributed by atoms with Gasteiger partial charge in [0.2, 0.25) is 5.91 Å². The summed E-state index contributed by atoms with van der Waals surface area (Å²) in [6.07, 6.45) is 0.221. The fraction of sp³-hybridized carbons (Fsp3) is 0.385. The van der Waals surface area contributed by atoms with E-state index in [4.69, 9.17) is 10.5 Å². The predicted octanol–water partition coefficient (Wildman–Crippen LogP) is 0.533. The maximum absolute atomic E-state index is 12.0. The van der Waals surface area contributed by atoms with Crippen molar-refractivity contribution >= 4 is 17.5 Å². The third-order valence-electron chi connectivity index (χ3n) is 2.50. The van der Waals surface area contributed by atoms with E-state index < -0.39 is 0 Å². The number of hydrogen-bond donors (Lipinski definition) is 3. The smallest absolute Gasteiger partial charge is 0.257 e. The number of carbonyl (C=O) groups excluding carboxylic acids is 2. The van der Waals surface area contributed by atoms with Crippen molar-refractivity contribution in [1.82, 2.24) is 10.6 Å². The van der Waals surface area contributed by atoms with Crippen LogP contribution in [-0.2, 0) is 4.79 Å². The van der Waals surface area contributed by atoms with Gasteiger partial charge in [0.05, 0.1) is 6.61 Å². The Bertz CT molecular complexity index is 460. The Labute approximate surface area is 112 Å². The molecule has 0 aliphatic heterocycles. The first-order valence-corrected chi connectivity index (χ1v) is 6.10. The van der Waals surface area contributed by atoms with E-state index >= 15 is 0 Å². The van der Waals surface area contributed by atoms with Crippen molar-refractivity contribution in [2.24, 2.45) is 0 Å². The maximum Gasteiger partial charge on any atom is 0.257 e. The highest BCUT2D eigenvalue weighted by Gasteiger charge is 2.15. The van der Waals surface area contributed by atoms with Crippen molar-refractivity contribution in [3.05, 3.63) is 23.8 Å². The van der Waals surface area contributed by atoms with Crippen molar-refractivity contribution in [2.45, 2.75) is 13.3 Å². The number of benzene rings is 1. The molecule has 0 saturated heterocycles. The molecular formula is C13H19N3O3. The Hall–Kier alpha value is -2.24. The van der Waals surface area contributed by atoms with Crippen molar-refractivity contribution in [1.29, 1.82) is 0 Å². The van der Waals surface area contributed by atoms with Crippen LogP contribution < -0.4 is 21.1 Å². The largest absolute Gasteiger partial charge is 0.493 e. The number of hydrogen-bond acceptors (Lipinski definition) is 4. The molecule has 0 aromatic heterocycles. The SMILES string of the molecule is CCOc1cccc(N)c1C(=O)NCCC(=O)NC. The first kappa shape index (κ1) is 14.8. The minimum Gasteiger partial charge on any atom is -0.493 e. The molecule has 0 bridgehead atoms. The zero-order valence-electron chi connectivity index (χ0n) is 11.2. The second-order valence-corrected chi connectivity index (χ2v) is 3.83. The van der Waals surface area contributed by atoms with Gasteiger partial charge in [0.1, 0.15) is 11.3 Å². The molecule has 0 spiro atoms. The fourth-order valence-electron chi connectivity index (χ4n) is 1.57. The average molecular weight is 265 g/mol. The van der Waals surface area contributed by atoms with Crippen LogP contribution in [0.2, 0.25) is 0 Å². The van der Waals surface area contributed by atoms with Gasteiger partial charge in [-0.2, -0.15) is 0 Å². The van der Waals surface area contributed by atoms with E-state index in [1.54, 1.807) is 25.2 Å². The summed E-state index contributed by atoms with van der Waals surface area (Å²) >= 11 is 0. The number of rotatable bonds is 6. The van der Waals surface area contributed by atoms with E-state index in [1.165, 1.54) is 0 Å². The molecule has 1 rings (SSSR count). The van der Waals surface area contributed by atoms with Gasteiger partial charge in [-0.1, -0.05) is 6.07 Å². The van der Waals surface area contributed by atoms with Crippen LogP contribution in [0.15, 0.2) is 18.2 Å². The molecule has 0 aliphatic rings. The number of anilines is 1. The summed E-state index contributed by atoms with van der Waals surface area (Å²) in [5.74, 6) is -0.0308. The molecule has 2 amide bonds. The number of carbonyl (C=O) groups is 2. The van der Waals surface area contributed by atoms with Crippen LogP contribution in [0.4, 0.5) is 5.69 Å². The first-order chi connectivity index (χ1) is 9.10. The Balaban J connectivity index is 2.73. The minimum atomic E-state index is -0.342. The second kappa shape index (κ2) is 7.25. The highest BCUT2D eigenvalue weighted by molar-refractivity contribution is 6.02. The number of nitrogens with two attached hydrogens (primary N) is 1. The summed E-state index contributed by atoms with van der Waals surface area (Å²) in [6, 6.07) is 5.05. The molecule has 1 aromatic carbocycles. The quantitative estimate of drug-likeness (QED) is 0.654. The van der Waals surface area contributed by atoms with Crippen molar-refractivity contribution in [3.63, 3.8) is 0 Å². The van der Waals surface area contributed by atoms with Gasteiger partial charge < -0.3 is 21.1 Å². The number of amides is 2. The highest BCUT2D eigenvalue weighted by atomic mass is 16.5. The predicted molar refractivity (Wildman–Crippen MR) is 73.0 cm³/mol. The molecule has 6 heteroatoms. The molecule has 0 atom stereocenters. The molecule has 0 unspecified atom stereocenters. The molecule has 19 heavy (non-hydrogen) atoms. The summed E-state index contributed by atoms with van der Waals surface area (Å²) in [6.45, 7) is 2.52. The average Bonchev–Trinajstić information content (AvgIpc) is 2.38. The van der Waals surface area contributed by atoms with E-state index in [0.29, 0.717) is 23.6 Å². The minimum absolute atomic E-state index is 0.133.